The Morgan fingerprint density at radius 3 is 2.35 bits per heavy atom. The van der Waals surface area contributed by atoms with Crippen LogP contribution in [0.25, 0.3) is 11.3 Å². The van der Waals surface area contributed by atoms with Gasteiger partial charge in [0, 0.05) is 10.9 Å². The standard InChI is InChI=1S/C21H20N4S/c1-13-5-7-17(9-15(13)3)20-12-26-21(23-20)19(11-22)25-24-18-8-6-14(2)16(4)10-18/h5-10,12,24H,1-4H3/b25-19+. The van der Waals surface area contributed by atoms with Crippen LogP contribution >= 0.6 is 11.3 Å². The van der Waals surface area contributed by atoms with Crippen molar-refractivity contribution < 1.29 is 0 Å². The van der Waals surface area contributed by atoms with Gasteiger partial charge in [0.05, 0.1) is 11.4 Å². The van der Waals surface area contributed by atoms with Gasteiger partial charge in [-0.15, -0.1) is 11.3 Å². The van der Waals surface area contributed by atoms with Crippen molar-refractivity contribution in [1.82, 2.24) is 4.98 Å². The first-order valence-electron chi connectivity index (χ1n) is 8.32. The molecule has 1 heterocycles. The highest BCUT2D eigenvalue weighted by atomic mass is 32.1. The van der Waals surface area contributed by atoms with E-state index in [2.05, 4.69) is 60.6 Å². The summed E-state index contributed by atoms with van der Waals surface area (Å²) in [6.45, 7) is 8.28. The highest BCUT2D eigenvalue weighted by molar-refractivity contribution is 7.12. The maximum Gasteiger partial charge on any atom is 0.196 e. The average Bonchev–Trinajstić information content (AvgIpc) is 3.11. The van der Waals surface area contributed by atoms with E-state index in [1.165, 1.54) is 33.6 Å². The van der Waals surface area contributed by atoms with E-state index in [9.17, 15) is 5.26 Å². The number of aromatic nitrogens is 1. The van der Waals surface area contributed by atoms with Gasteiger partial charge in [-0.1, -0.05) is 18.2 Å². The lowest BCUT2D eigenvalue weighted by molar-refractivity contribution is 1.28. The molecule has 1 aromatic heterocycles. The second kappa shape index (κ2) is 7.51. The van der Waals surface area contributed by atoms with E-state index in [0.29, 0.717) is 5.01 Å². The molecule has 0 fully saturated rings. The zero-order chi connectivity index (χ0) is 18.7. The molecule has 0 aliphatic rings. The smallest absolute Gasteiger partial charge is 0.196 e. The second-order valence-corrected chi connectivity index (χ2v) is 7.18. The van der Waals surface area contributed by atoms with Gasteiger partial charge in [0.25, 0.3) is 0 Å². The predicted octanol–water partition coefficient (Wildman–Crippen LogP) is 5.38. The minimum atomic E-state index is 0.281. The molecule has 3 aromatic rings. The summed E-state index contributed by atoms with van der Waals surface area (Å²) in [4.78, 5) is 4.59. The van der Waals surface area contributed by atoms with Gasteiger partial charge in [-0.25, -0.2) is 4.98 Å². The van der Waals surface area contributed by atoms with Gasteiger partial charge in [0.2, 0.25) is 0 Å². The predicted molar refractivity (Wildman–Crippen MR) is 109 cm³/mol. The van der Waals surface area contributed by atoms with E-state index in [-0.39, 0.29) is 5.71 Å². The Labute approximate surface area is 157 Å². The second-order valence-electron chi connectivity index (χ2n) is 6.32. The van der Waals surface area contributed by atoms with Gasteiger partial charge in [-0.3, -0.25) is 5.43 Å². The highest BCUT2D eigenvalue weighted by Crippen LogP contribution is 2.24. The third kappa shape index (κ3) is 3.81. The molecule has 0 aliphatic carbocycles. The quantitative estimate of drug-likeness (QED) is 0.502. The Balaban J connectivity index is 1.84. The molecule has 130 valence electrons. The van der Waals surface area contributed by atoms with Crippen LogP contribution in [0.1, 0.15) is 27.3 Å². The first-order chi connectivity index (χ1) is 12.5. The summed E-state index contributed by atoms with van der Waals surface area (Å²) in [5, 5.41) is 16.3. The molecular formula is C21H20N4S. The van der Waals surface area contributed by atoms with Crippen LogP contribution in [-0.4, -0.2) is 10.7 Å². The molecule has 3 rings (SSSR count). The molecule has 0 amide bonds. The number of hydrogen-bond donors (Lipinski definition) is 1. The molecule has 0 atom stereocenters. The van der Waals surface area contributed by atoms with Gasteiger partial charge < -0.3 is 0 Å². The van der Waals surface area contributed by atoms with E-state index in [1.54, 1.807) is 0 Å². The largest absolute Gasteiger partial charge is 0.277 e. The third-order valence-corrected chi connectivity index (χ3v) is 5.27. The molecule has 26 heavy (non-hydrogen) atoms. The molecule has 0 unspecified atom stereocenters. The fraction of sp³-hybridized carbons (Fsp3) is 0.190. The molecule has 1 N–H and O–H groups in total. The molecule has 0 saturated carbocycles. The van der Waals surface area contributed by atoms with E-state index < -0.39 is 0 Å². The molecule has 2 aromatic carbocycles. The van der Waals surface area contributed by atoms with Crippen molar-refractivity contribution in [1.29, 1.82) is 5.26 Å². The van der Waals surface area contributed by atoms with Crippen LogP contribution in [0.3, 0.4) is 0 Å². The Bertz CT molecular complexity index is 1020. The van der Waals surface area contributed by atoms with E-state index in [1.807, 2.05) is 30.5 Å². The lowest BCUT2D eigenvalue weighted by atomic mass is 10.1. The summed E-state index contributed by atoms with van der Waals surface area (Å²) in [5.41, 5.74) is 10.9. The first-order valence-corrected chi connectivity index (χ1v) is 9.20. The molecule has 4 nitrogen and oxygen atoms in total. The number of nitrogens with zero attached hydrogens (tertiary/aromatic N) is 3. The molecule has 0 spiro atoms. The van der Waals surface area contributed by atoms with Crippen LogP contribution in [0.5, 0.6) is 0 Å². The lowest BCUT2D eigenvalue weighted by Gasteiger charge is -2.04. The summed E-state index contributed by atoms with van der Waals surface area (Å²) >= 11 is 1.42. The normalized spacial score (nSPS) is 11.3. The number of benzene rings is 2. The van der Waals surface area contributed by atoms with Crippen LogP contribution in [0.4, 0.5) is 5.69 Å². The molecule has 5 heteroatoms. The zero-order valence-corrected chi connectivity index (χ0v) is 16.1. The summed E-state index contributed by atoms with van der Waals surface area (Å²) in [7, 11) is 0. The first kappa shape index (κ1) is 17.8. The van der Waals surface area contributed by atoms with Gasteiger partial charge >= 0.3 is 0 Å². The van der Waals surface area contributed by atoms with Crippen LogP contribution in [0, 0.1) is 39.0 Å². The maximum atomic E-state index is 9.46. The van der Waals surface area contributed by atoms with Gasteiger partial charge in [-0.05, 0) is 68.1 Å². The number of thiazole rings is 1. The monoisotopic (exact) mass is 360 g/mol. The van der Waals surface area contributed by atoms with Gasteiger partial charge in [0.15, 0.2) is 10.7 Å². The zero-order valence-electron chi connectivity index (χ0n) is 15.3. The number of aryl methyl sites for hydroxylation is 4. The third-order valence-electron chi connectivity index (χ3n) is 4.42. The van der Waals surface area contributed by atoms with Gasteiger partial charge in [0.1, 0.15) is 6.07 Å². The van der Waals surface area contributed by atoms with Crippen molar-refractivity contribution >= 4 is 22.7 Å². The van der Waals surface area contributed by atoms with Crippen LogP contribution in [-0.2, 0) is 0 Å². The van der Waals surface area contributed by atoms with Gasteiger partial charge in [-0.2, -0.15) is 10.4 Å². The topological polar surface area (TPSA) is 61.1 Å². The van der Waals surface area contributed by atoms with Crippen LogP contribution in [0.15, 0.2) is 46.9 Å². The number of hydrazone groups is 1. The Morgan fingerprint density at radius 1 is 1.00 bits per heavy atom. The molecule has 0 saturated heterocycles. The minimum absolute atomic E-state index is 0.281. The number of nitrogens with one attached hydrogen (secondary N) is 1. The summed E-state index contributed by atoms with van der Waals surface area (Å²) in [6, 6.07) is 14.4. The Hall–Kier alpha value is -2.97. The van der Waals surface area contributed by atoms with Crippen molar-refractivity contribution in [2.45, 2.75) is 27.7 Å². The molecule has 0 aliphatic heterocycles. The fourth-order valence-electron chi connectivity index (χ4n) is 2.47. The van der Waals surface area contributed by atoms with Crippen molar-refractivity contribution in [3.05, 3.63) is 69.0 Å². The Morgan fingerprint density at radius 2 is 1.69 bits per heavy atom. The van der Waals surface area contributed by atoms with E-state index in [0.717, 1.165) is 16.9 Å². The number of nitriles is 1. The number of rotatable bonds is 4. The summed E-state index contributed by atoms with van der Waals surface area (Å²) in [5.74, 6) is 0. The average molecular weight is 360 g/mol. The van der Waals surface area contributed by atoms with Crippen LogP contribution in [0.2, 0.25) is 0 Å². The highest BCUT2D eigenvalue weighted by Gasteiger charge is 2.11. The minimum Gasteiger partial charge on any atom is -0.277 e. The van der Waals surface area contributed by atoms with Crippen molar-refractivity contribution in [2.75, 3.05) is 5.43 Å². The van der Waals surface area contributed by atoms with Crippen molar-refractivity contribution in [2.24, 2.45) is 5.10 Å². The SMILES string of the molecule is Cc1ccc(N/N=C(\C#N)c2nc(-c3ccc(C)c(C)c3)cs2)cc1C. The van der Waals surface area contributed by atoms with Crippen molar-refractivity contribution in [3.63, 3.8) is 0 Å². The summed E-state index contributed by atoms with van der Waals surface area (Å²) < 4.78 is 0. The molecular weight excluding hydrogens is 340 g/mol. The number of anilines is 1. The lowest BCUT2D eigenvalue weighted by Crippen LogP contribution is -2.01. The summed E-state index contributed by atoms with van der Waals surface area (Å²) in [6.07, 6.45) is 0. The van der Waals surface area contributed by atoms with Crippen LogP contribution < -0.4 is 5.43 Å². The fourth-order valence-corrected chi connectivity index (χ4v) is 3.23. The van der Waals surface area contributed by atoms with E-state index >= 15 is 0 Å². The van der Waals surface area contributed by atoms with E-state index in [4.69, 9.17) is 0 Å². The Kier molecular flexibility index (Phi) is 5.15. The maximum absolute atomic E-state index is 9.46. The van der Waals surface area contributed by atoms with Crippen molar-refractivity contribution in [3.8, 4) is 17.3 Å². The molecule has 0 bridgehead atoms. The molecule has 0 radical (unpaired) electrons. The number of hydrogen-bond acceptors (Lipinski definition) is 5.